The predicted octanol–water partition coefficient (Wildman–Crippen LogP) is 3.94. The van der Waals surface area contributed by atoms with Crippen LogP contribution in [0.2, 0.25) is 0 Å². The molecule has 0 saturated heterocycles. The maximum absolute atomic E-state index is 13.3. The van der Waals surface area contributed by atoms with Crippen molar-refractivity contribution < 1.29 is 13.2 Å². The molecule has 1 heterocycles. The molecule has 0 saturated carbocycles. The first kappa shape index (κ1) is 21.5. The first-order chi connectivity index (χ1) is 13.7. The minimum atomic E-state index is -3.67. The van der Waals surface area contributed by atoms with Gasteiger partial charge in [-0.25, -0.2) is 8.42 Å². The van der Waals surface area contributed by atoms with Gasteiger partial charge in [-0.05, 0) is 55.5 Å². The second-order valence-corrected chi connectivity index (χ2v) is 10.3. The predicted molar refractivity (Wildman–Crippen MR) is 115 cm³/mol. The van der Waals surface area contributed by atoms with Gasteiger partial charge >= 0.3 is 0 Å². The lowest BCUT2D eigenvalue weighted by atomic mass is 10.0. The largest absolute Gasteiger partial charge is 0.336 e. The van der Waals surface area contributed by atoms with Gasteiger partial charge in [0.25, 0.3) is 5.91 Å². The summed E-state index contributed by atoms with van der Waals surface area (Å²) in [5.74, 6) is 0.205. The number of benzene rings is 2. The van der Waals surface area contributed by atoms with Crippen molar-refractivity contribution >= 4 is 15.9 Å². The first-order valence-corrected chi connectivity index (χ1v) is 11.6. The summed E-state index contributed by atoms with van der Waals surface area (Å²) < 4.78 is 28.0. The van der Waals surface area contributed by atoms with Crippen molar-refractivity contribution in [3.8, 4) is 0 Å². The summed E-state index contributed by atoms with van der Waals surface area (Å²) in [6, 6.07) is 14.4. The quantitative estimate of drug-likeness (QED) is 0.719. The molecule has 0 radical (unpaired) electrons. The normalized spacial score (nSPS) is 14.8. The molecule has 2 aromatic carbocycles. The molecule has 2 aromatic rings. The average Bonchev–Trinajstić information content (AvgIpc) is 2.71. The zero-order chi connectivity index (χ0) is 21.2. The maximum Gasteiger partial charge on any atom is 0.254 e. The number of carbonyl (C=O) groups is 1. The van der Waals surface area contributed by atoms with Crippen LogP contribution in [0.15, 0.2) is 53.4 Å². The number of hydrogen-bond acceptors (Lipinski definition) is 3. The molecule has 0 N–H and O–H groups in total. The third-order valence-corrected chi connectivity index (χ3v) is 7.10. The van der Waals surface area contributed by atoms with Crippen molar-refractivity contribution in [1.29, 1.82) is 0 Å². The number of carbonyl (C=O) groups excluding carboxylic acids is 1. The molecule has 5 nitrogen and oxygen atoms in total. The Labute approximate surface area is 174 Å². The molecule has 0 aliphatic carbocycles. The highest BCUT2D eigenvalue weighted by Crippen LogP contribution is 2.25. The molecule has 0 aromatic heterocycles. The SMILES string of the molecule is CC(C)CN(C(=O)c1cccc(S(=O)(=O)N2CCc3ccccc3C2)c1)C(C)C. The van der Waals surface area contributed by atoms with Crippen LogP contribution < -0.4 is 0 Å². The average molecular weight is 415 g/mol. The Kier molecular flexibility index (Phi) is 6.44. The van der Waals surface area contributed by atoms with Gasteiger partial charge in [-0.3, -0.25) is 4.79 Å². The molecule has 0 unspecified atom stereocenters. The van der Waals surface area contributed by atoms with Crippen LogP contribution in [0.3, 0.4) is 0 Å². The zero-order valence-corrected chi connectivity index (χ0v) is 18.4. The summed E-state index contributed by atoms with van der Waals surface area (Å²) in [7, 11) is -3.67. The van der Waals surface area contributed by atoms with Crippen molar-refractivity contribution in [2.75, 3.05) is 13.1 Å². The molecule has 6 heteroatoms. The molecule has 1 aliphatic heterocycles. The van der Waals surface area contributed by atoms with Crippen molar-refractivity contribution in [2.45, 2.75) is 51.6 Å². The van der Waals surface area contributed by atoms with E-state index in [9.17, 15) is 13.2 Å². The van der Waals surface area contributed by atoms with Gasteiger partial charge in [0.1, 0.15) is 0 Å². The summed E-state index contributed by atoms with van der Waals surface area (Å²) >= 11 is 0. The van der Waals surface area contributed by atoms with E-state index in [0.717, 1.165) is 5.56 Å². The van der Waals surface area contributed by atoms with E-state index in [1.807, 2.05) is 38.1 Å². The summed E-state index contributed by atoms with van der Waals surface area (Å²) in [6.45, 7) is 9.54. The van der Waals surface area contributed by atoms with Crippen LogP contribution >= 0.6 is 0 Å². The summed E-state index contributed by atoms with van der Waals surface area (Å²) in [4.78, 5) is 15.0. The van der Waals surface area contributed by atoms with Gasteiger partial charge < -0.3 is 4.90 Å². The van der Waals surface area contributed by atoms with E-state index in [-0.39, 0.29) is 16.8 Å². The molecule has 0 spiro atoms. The fraction of sp³-hybridized carbons (Fsp3) is 0.435. The maximum atomic E-state index is 13.3. The van der Waals surface area contributed by atoms with E-state index < -0.39 is 10.0 Å². The highest BCUT2D eigenvalue weighted by molar-refractivity contribution is 7.89. The summed E-state index contributed by atoms with van der Waals surface area (Å²) in [6.07, 6.45) is 0.698. The molecule has 0 atom stereocenters. The Morgan fingerprint density at radius 2 is 1.72 bits per heavy atom. The van der Waals surface area contributed by atoms with Crippen LogP contribution in [0, 0.1) is 5.92 Å². The second kappa shape index (κ2) is 8.67. The molecule has 0 bridgehead atoms. The second-order valence-electron chi connectivity index (χ2n) is 8.33. The van der Waals surface area contributed by atoms with E-state index in [0.29, 0.717) is 37.5 Å². The zero-order valence-electron chi connectivity index (χ0n) is 17.6. The van der Waals surface area contributed by atoms with Gasteiger partial charge in [0.15, 0.2) is 0 Å². The van der Waals surface area contributed by atoms with Gasteiger partial charge in [0.05, 0.1) is 4.90 Å². The van der Waals surface area contributed by atoms with E-state index in [1.165, 1.54) is 15.9 Å². The lowest BCUT2D eigenvalue weighted by Crippen LogP contribution is -2.39. The van der Waals surface area contributed by atoms with E-state index in [1.54, 1.807) is 23.1 Å². The van der Waals surface area contributed by atoms with Crippen LogP contribution in [-0.4, -0.2) is 42.7 Å². The third-order valence-electron chi connectivity index (χ3n) is 5.26. The van der Waals surface area contributed by atoms with Crippen molar-refractivity contribution in [1.82, 2.24) is 9.21 Å². The Morgan fingerprint density at radius 3 is 2.38 bits per heavy atom. The van der Waals surface area contributed by atoms with Crippen LogP contribution in [0.25, 0.3) is 0 Å². The molecular weight excluding hydrogens is 384 g/mol. The molecule has 0 fully saturated rings. The summed E-state index contributed by atoms with van der Waals surface area (Å²) in [5, 5.41) is 0. The molecule has 29 heavy (non-hydrogen) atoms. The van der Waals surface area contributed by atoms with Crippen molar-refractivity contribution in [2.24, 2.45) is 5.92 Å². The van der Waals surface area contributed by atoms with Gasteiger partial charge in [-0.1, -0.05) is 44.2 Å². The fourth-order valence-corrected chi connectivity index (χ4v) is 5.17. The fourth-order valence-electron chi connectivity index (χ4n) is 3.70. The summed E-state index contributed by atoms with van der Waals surface area (Å²) in [5.41, 5.74) is 2.65. The monoisotopic (exact) mass is 414 g/mol. The van der Waals surface area contributed by atoms with E-state index in [4.69, 9.17) is 0 Å². The third kappa shape index (κ3) is 4.70. The number of hydrogen-bond donors (Lipinski definition) is 0. The molecule has 1 aliphatic rings. The topological polar surface area (TPSA) is 57.7 Å². The molecule has 156 valence electrons. The van der Waals surface area contributed by atoms with Crippen molar-refractivity contribution in [3.63, 3.8) is 0 Å². The highest BCUT2D eigenvalue weighted by atomic mass is 32.2. The Bertz CT molecular complexity index is 983. The first-order valence-electron chi connectivity index (χ1n) is 10.2. The minimum Gasteiger partial charge on any atom is -0.336 e. The molecule has 1 amide bonds. The highest BCUT2D eigenvalue weighted by Gasteiger charge is 2.29. The number of sulfonamides is 1. The number of fused-ring (bicyclic) bond motifs is 1. The minimum absolute atomic E-state index is 0.0451. The lowest BCUT2D eigenvalue weighted by molar-refractivity contribution is 0.0681. The standard InChI is InChI=1S/C23H30N2O3S/c1-17(2)15-25(18(3)4)23(26)20-10-7-11-22(14-20)29(27,28)24-13-12-19-8-5-6-9-21(19)16-24/h5-11,14,17-18H,12-13,15-16H2,1-4H3. The molecular formula is C23H30N2O3S. The van der Waals surface area contributed by atoms with Gasteiger partial charge in [0, 0.05) is 31.2 Å². The van der Waals surface area contributed by atoms with E-state index in [2.05, 4.69) is 13.8 Å². The number of nitrogens with zero attached hydrogens (tertiary/aromatic N) is 2. The van der Waals surface area contributed by atoms with E-state index >= 15 is 0 Å². The van der Waals surface area contributed by atoms with Crippen molar-refractivity contribution in [3.05, 3.63) is 65.2 Å². The Hall–Kier alpha value is -2.18. The van der Waals surface area contributed by atoms with Crippen LogP contribution in [-0.2, 0) is 23.0 Å². The van der Waals surface area contributed by atoms with Gasteiger partial charge in [0.2, 0.25) is 10.0 Å². The Morgan fingerprint density at radius 1 is 1.03 bits per heavy atom. The van der Waals surface area contributed by atoms with Gasteiger partial charge in [-0.2, -0.15) is 4.31 Å². The lowest BCUT2D eigenvalue weighted by Gasteiger charge is -2.29. The smallest absolute Gasteiger partial charge is 0.254 e. The Balaban J connectivity index is 1.87. The molecule has 3 rings (SSSR count). The van der Waals surface area contributed by atoms with Gasteiger partial charge in [-0.15, -0.1) is 0 Å². The number of amides is 1. The van der Waals surface area contributed by atoms with Crippen LogP contribution in [0.5, 0.6) is 0 Å². The number of rotatable bonds is 6. The van der Waals surface area contributed by atoms with Crippen LogP contribution in [0.4, 0.5) is 0 Å². The van der Waals surface area contributed by atoms with Crippen LogP contribution in [0.1, 0.15) is 49.2 Å².